The van der Waals surface area contributed by atoms with E-state index in [1.54, 1.807) is 0 Å². The fourth-order valence-corrected chi connectivity index (χ4v) is 4.59. The van der Waals surface area contributed by atoms with E-state index in [0.29, 0.717) is 6.04 Å². The van der Waals surface area contributed by atoms with Gasteiger partial charge < -0.3 is 5.32 Å². The van der Waals surface area contributed by atoms with Crippen LogP contribution in [0.4, 0.5) is 0 Å². The van der Waals surface area contributed by atoms with Gasteiger partial charge in [-0.05, 0) is 70.9 Å². The molecule has 1 unspecified atom stereocenters. The number of nitrogens with one attached hydrogen (secondary N) is 1. The number of aryl methyl sites for hydroxylation is 1. The first-order chi connectivity index (χ1) is 10.2. The second kappa shape index (κ2) is 6.64. The van der Waals surface area contributed by atoms with Crippen molar-refractivity contribution >= 4 is 27.3 Å². The first kappa shape index (κ1) is 15.3. The second-order valence-electron chi connectivity index (χ2n) is 5.89. The van der Waals surface area contributed by atoms with Gasteiger partial charge in [0.2, 0.25) is 0 Å². The number of halogens is 1. The van der Waals surface area contributed by atoms with E-state index >= 15 is 0 Å². The van der Waals surface area contributed by atoms with Gasteiger partial charge in [-0.25, -0.2) is 0 Å². The molecule has 1 nitrogen and oxygen atoms in total. The summed E-state index contributed by atoms with van der Waals surface area (Å²) in [4.78, 5) is 1.39. The Kier molecular flexibility index (Phi) is 4.82. The van der Waals surface area contributed by atoms with Crippen LogP contribution in [0.5, 0.6) is 0 Å². The van der Waals surface area contributed by atoms with Crippen LogP contribution in [0.3, 0.4) is 0 Å². The van der Waals surface area contributed by atoms with E-state index in [-0.39, 0.29) is 0 Å². The van der Waals surface area contributed by atoms with E-state index in [9.17, 15) is 0 Å². The standard InChI is InChI=1S/C18H22BrNS/c1-3-20-17(16-11-12(2)18(19)21-16)15-9-7-14(8-10-15)13-5-4-6-13/h7-11,13,17,20H,3-6H2,1-2H3. The Morgan fingerprint density at radius 1 is 1.29 bits per heavy atom. The van der Waals surface area contributed by atoms with Crippen molar-refractivity contribution in [2.45, 2.75) is 45.1 Å². The lowest BCUT2D eigenvalue weighted by molar-refractivity contribution is 0.419. The van der Waals surface area contributed by atoms with E-state index < -0.39 is 0 Å². The van der Waals surface area contributed by atoms with Crippen LogP contribution in [0.15, 0.2) is 34.1 Å². The Labute approximate surface area is 139 Å². The molecule has 1 N–H and O–H groups in total. The molecular weight excluding hydrogens is 342 g/mol. The number of benzene rings is 1. The van der Waals surface area contributed by atoms with Crippen molar-refractivity contribution in [3.63, 3.8) is 0 Å². The van der Waals surface area contributed by atoms with Gasteiger partial charge in [-0.3, -0.25) is 0 Å². The van der Waals surface area contributed by atoms with E-state index in [1.165, 1.54) is 44.6 Å². The minimum Gasteiger partial charge on any atom is -0.306 e. The van der Waals surface area contributed by atoms with Gasteiger partial charge in [0, 0.05) is 4.88 Å². The van der Waals surface area contributed by atoms with Gasteiger partial charge in [0.1, 0.15) is 0 Å². The average molecular weight is 364 g/mol. The van der Waals surface area contributed by atoms with Gasteiger partial charge in [-0.15, -0.1) is 11.3 Å². The fraction of sp³-hybridized carbons (Fsp3) is 0.444. The molecule has 0 bridgehead atoms. The van der Waals surface area contributed by atoms with E-state index in [1.807, 2.05) is 11.3 Å². The Morgan fingerprint density at radius 2 is 2.00 bits per heavy atom. The zero-order valence-corrected chi connectivity index (χ0v) is 15.1. The largest absolute Gasteiger partial charge is 0.306 e. The minimum absolute atomic E-state index is 0.306. The lowest BCUT2D eigenvalue weighted by Crippen LogP contribution is -2.21. The van der Waals surface area contributed by atoms with Crippen molar-refractivity contribution in [1.29, 1.82) is 0 Å². The maximum absolute atomic E-state index is 3.65. The molecule has 1 heterocycles. The minimum atomic E-state index is 0.306. The van der Waals surface area contributed by atoms with E-state index in [0.717, 1.165) is 12.5 Å². The van der Waals surface area contributed by atoms with Crippen LogP contribution in [0, 0.1) is 6.92 Å². The van der Waals surface area contributed by atoms with Gasteiger partial charge in [0.05, 0.1) is 9.83 Å². The summed E-state index contributed by atoms with van der Waals surface area (Å²) in [6, 6.07) is 11.9. The van der Waals surface area contributed by atoms with Crippen LogP contribution >= 0.6 is 27.3 Å². The molecule has 1 aliphatic rings. The van der Waals surface area contributed by atoms with Gasteiger partial charge in [0.25, 0.3) is 0 Å². The monoisotopic (exact) mass is 363 g/mol. The molecule has 1 fully saturated rings. The molecule has 21 heavy (non-hydrogen) atoms. The Hall–Kier alpha value is -0.640. The lowest BCUT2D eigenvalue weighted by atomic mass is 9.80. The highest BCUT2D eigenvalue weighted by atomic mass is 79.9. The first-order valence-electron chi connectivity index (χ1n) is 7.78. The topological polar surface area (TPSA) is 12.0 Å². The van der Waals surface area contributed by atoms with Gasteiger partial charge >= 0.3 is 0 Å². The highest BCUT2D eigenvalue weighted by Gasteiger charge is 2.21. The molecule has 1 saturated carbocycles. The summed E-state index contributed by atoms with van der Waals surface area (Å²) in [6.45, 7) is 5.31. The third-order valence-electron chi connectivity index (χ3n) is 4.42. The quantitative estimate of drug-likeness (QED) is 0.709. The van der Waals surface area contributed by atoms with Gasteiger partial charge in [0.15, 0.2) is 0 Å². The van der Waals surface area contributed by atoms with Crippen molar-refractivity contribution in [3.05, 3.63) is 55.7 Å². The third-order valence-corrected chi connectivity index (χ3v) is 6.62. The second-order valence-corrected chi connectivity index (χ2v) is 8.29. The highest BCUT2D eigenvalue weighted by Crippen LogP contribution is 2.38. The van der Waals surface area contributed by atoms with E-state index in [4.69, 9.17) is 0 Å². The lowest BCUT2D eigenvalue weighted by Gasteiger charge is -2.26. The molecular formula is C18H22BrNS. The molecule has 0 saturated heterocycles. The van der Waals surface area contributed by atoms with Crippen LogP contribution in [0.2, 0.25) is 0 Å². The molecule has 1 aliphatic carbocycles. The molecule has 3 rings (SSSR count). The highest BCUT2D eigenvalue weighted by molar-refractivity contribution is 9.11. The maximum atomic E-state index is 3.65. The number of rotatable bonds is 5. The molecule has 0 amide bonds. The predicted octanol–water partition coefficient (Wildman–Crippen LogP) is 5.79. The molecule has 112 valence electrons. The molecule has 1 aromatic carbocycles. The number of hydrogen-bond donors (Lipinski definition) is 1. The Balaban J connectivity index is 1.85. The maximum Gasteiger partial charge on any atom is 0.0731 e. The SMILES string of the molecule is CCNC(c1ccc(C2CCC2)cc1)c1cc(C)c(Br)s1. The van der Waals surface area contributed by atoms with Crippen molar-refractivity contribution < 1.29 is 0 Å². The van der Waals surface area contributed by atoms with Crippen molar-refractivity contribution in [3.8, 4) is 0 Å². The summed E-state index contributed by atoms with van der Waals surface area (Å²) in [6.07, 6.45) is 4.13. The average Bonchev–Trinajstić information content (AvgIpc) is 2.75. The van der Waals surface area contributed by atoms with Gasteiger partial charge in [-0.2, -0.15) is 0 Å². The van der Waals surface area contributed by atoms with Crippen LogP contribution < -0.4 is 5.32 Å². The van der Waals surface area contributed by atoms with Crippen LogP contribution in [-0.2, 0) is 0 Å². The zero-order valence-electron chi connectivity index (χ0n) is 12.7. The third kappa shape index (κ3) is 3.25. The number of hydrogen-bond acceptors (Lipinski definition) is 2. The smallest absolute Gasteiger partial charge is 0.0731 e. The van der Waals surface area contributed by atoms with Crippen molar-refractivity contribution in [2.75, 3.05) is 6.54 Å². The van der Waals surface area contributed by atoms with Crippen LogP contribution in [0.1, 0.15) is 59.7 Å². The summed E-state index contributed by atoms with van der Waals surface area (Å²) in [5.41, 5.74) is 4.21. The van der Waals surface area contributed by atoms with E-state index in [2.05, 4.69) is 65.4 Å². The summed E-state index contributed by atoms with van der Waals surface area (Å²) < 4.78 is 1.24. The van der Waals surface area contributed by atoms with Gasteiger partial charge in [-0.1, -0.05) is 37.6 Å². The molecule has 1 aromatic heterocycles. The molecule has 0 aliphatic heterocycles. The fourth-order valence-electron chi connectivity index (χ4n) is 2.91. The summed E-state index contributed by atoms with van der Waals surface area (Å²) >= 11 is 5.48. The Morgan fingerprint density at radius 3 is 2.48 bits per heavy atom. The molecule has 3 heteroatoms. The molecule has 0 spiro atoms. The normalized spacial score (nSPS) is 16.7. The Bertz CT molecular complexity index is 579. The summed E-state index contributed by atoms with van der Waals surface area (Å²) in [5, 5.41) is 3.62. The molecule has 1 atom stereocenters. The summed E-state index contributed by atoms with van der Waals surface area (Å²) in [5.74, 6) is 0.815. The first-order valence-corrected chi connectivity index (χ1v) is 9.39. The molecule has 0 radical (unpaired) electrons. The number of thiophene rings is 1. The van der Waals surface area contributed by atoms with Crippen molar-refractivity contribution in [2.24, 2.45) is 0 Å². The van der Waals surface area contributed by atoms with Crippen LogP contribution in [0.25, 0.3) is 0 Å². The predicted molar refractivity (Wildman–Crippen MR) is 95.3 cm³/mol. The summed E-state index contributed by atoms with van der Waals surface area (Å²) in [7, 11) is 0. The molecule has 2 aromatic rings. The van der Waals surface area contributed by atoms with Crippen molar-refractivity contribution in [1.82, 2.24) is 5.32 Å². The van der Waals surface area contributed by atoms with Crippen LogP contribution in [-0.4, -0.2) is 6.54 Å². The zero-order chi connectivity index (χ0) is 14.8.